The first-order valence-electron chi connectivity index (χ1n) is 9.56. The normalized spacial score (nSPS) is 13.3. The minimum atomic E-state index is -3.33. The molecule has 0 unspecified atom stereocenters. The van der Waals surface area contributed by atoms with Crippen molar-refractivity contribution in [3.63, 3.8) is 0 Å². The minimum absolute atomic E-state index is 0.535. The summed E-state index contributed by atoms with van der Waals surface area (Å²) in [6, 6.07) is 15.8. The molecule has 0 fully saturated rings. The lowest BCUT2D eigenvalue weighted by Gasteiger charge is -2.11. The maximum Gasteiger partial charge on any atom is 0.229 e. The molecule has 2 heterocycles. The smallest absolute Gasteiger partial charge is 0.229 e. The van der Waals surface area contributed by atoms with Gasteiger partial charge in [0.15, 0.2) is 0 Å². The molecule has 0 amide bonds. The highest BCUT2D eigenvalue weighted by Gasteiger charge is 2.19. The number of nitrogens with one attached hydrogen (secondary N) is 1. The van der Waals surface area contributed by atoms with Crippen molar-refractivity contribution >= 4 is 32.3 Å². The molecular weight excluding hydrogens is 396 g/mol. The topological polar surface area (TPSA) is 76.9 Å². The molecule has 1 aliphatic carbocycles. The lowest BCUT2D eigenvalue weighted by Crippen LogP contribution is -2.09. The summed E-state index contributed by atoms with van der Waals surface area (Å²) >= 11 is 0. The van der Waals surface area contributed by atoms with Gasteiger partial charge in [0.05, 0.1) is 29.3 Å². The predicted octanol–water partition coefficient (Wildman–Crippen LogP) is 3.99. The summed E-state index contributed by atoms with van der Waals surface area (Å²) in [5.74, 6) is 0. The molecule has 5 rings (SSSR count). The monoisotopic (exact) mass is 416 g/mol. The number of aromatic nitrogens is 3. The number of fused-ring (bicyclic) bond motifs is 2. The van der Waals surface area contributed by atoms with Crippen LogP contribution in [0.25, 0.3) is 27.7 Å². The summed E-state index contributed by atoms with van der Waals surface area (Å²) in [5, 5.41) is 0. The van der Waals surface area contributed by atoms with Gasteiger partial charge in [0.2, 0.25) is 10.0 Å². The minimum Gasteiger partial charge on any atom is -0.334 e. The van der Waals surface area contributed by atoms with Crippen LogP contribution in [0.2, 0.25) is 0 Å². The van der Waals surface area contributed by atoms with Crippen LogP contribution < -0.4 is 4.72 Å². The zero-order valence-electron chi connectivity index (χ0n) is 16.6. The number of benzene rings is 2. The molecular formula is C23H20N4O2S. The Labute approximate surface area is 175 Å². The molecule has 150 valence electrons. The van der Waals surface area contributed by atoms with Crippen LogP contribution in [0, 0.1) is 0 Å². The van der Waals surface area contributed by atoms with Gasteiger partial charge < -0.3 is 4.57 Å². The van der Waals surface area contributed by atoms with Gasteiger partial charge in [0.1, 0.15) is 0 Å². The first-order valence-corrected chi connectivity index (χ1v) is 11.5. The Bertz CT molecular complexity index is 1430. The van der Waals surface area contributed by atoms with Gasteiger partial charge in [-0.1, -0.05) is 24.3 Å². The van der Waals surface area contributed by atoms with Gasteiger partial charge in [0.25, 0.3) is 0 Å². The first kappa shape index (κ1) is 18.6. The molecule has 0 saturated carbocycles. The Balaban J connectivity index is 1.55. The van der Waals surface area contributed by atoms with Gasteiger partial charge in [-0.3, -0.25) is 9.71 Å². The van der Waals surface area contributed by atoms with Crippen molar-refractivity contribution < 1.29 is 8.42 Å². The SMILES string of the molecule is Cn1cnc2ccc(C3=CCc4ncc(-c5cccc(NS(C)(=O)=O)c5)cc43)cc21. The molecule has 0 bridgehead atoms. The van der Waals surface area contributed by atoms with E-state index in [4.69, 9.17) is 0 Å². The second kappa shape index (κ2) is 6.81. The van der Waals surface area contributed by atoms with Crippen LogP contribution in [-0.4, -0.2) is 29.2 Å². The molecule has 0 aliphatic heterocycles. The zero-order chi connectivity index (χ0) is 20.9. The van der Waals surface area contributed by atoms with E-state index in [0.717, 1.165) is 57.2 Å². The van der Waals surface area contributed by atoms with Crippen LogP contribution >= 0.6 is 0 Å². The Hall–Kier alpha value is -3.45. The van der Waals surface area contributed by atoms with Crippen molar-refractivity contribution in [2.24, 2.45) is 7.05 Å². The van der Waals surface area contributed by atoms with Crippen LogP contribution in [0.4, 0.5) is 5.69 Å². The molecule has 4 aromatic rings. The molecule has 1 aliphatic rings. The summed E-state index contributed by atoms with van der Waals surface area (Å²) < 4.78 is 27.7. The molecule has 0 spiro atoms. The second-order valence-corrected chi connectivity index (χ2v) is 9.30. The standard InChI is InChI=1S/C23H20N4O2S/c1-27-14-25-22-8-6-16(12-23(22)27)19-7-9-21-20(19)11-17(13-24-21)15-4-3-5-18(10-15)26-30(2,28)29/h3-8,10-14,26H,9H2,1-2H3. The highest BCUT2D eigenvalue weighted by Crippen LogP contribution is 2.35. The van der Waals surface area contributed by atoms with Crippen LogP contribution in [0.5, 0.6) is 0 Å². The molecule has 30 heavy (non-hydrogen) atoms. The van der Waals surface area contributed by atoms with Gasteiger partial charge >= 0.3 is 0 Å². The average molecular weight is 417 g/mol. The molecule has 0 atom stereocenters. The fraction of sp³-hybridized carbons (Fsp3) is 0.130. The Morgan fingerprint density at radius 2 is 1.87 bits per heavy atom. The lowest BCUT2D eigenvalue weighted by molar-refractivity contribution is 0.607. The molecule has 0 saturated heterocycles. The highest BCUT2D eigenvalue weighted by molar-refractivity contribution is 7.92. The van der Waals surface area contributed by atoms with Gasteiger partial charge in [-0.25, -0.2) is 13.4 Å². The number of nitrogens with zero attached hydrogens (tertiary/aromatic N) is 3. The van der Waals surface area contributed by atoms with Crippen molar-refractivity contribution in [1.29, 1.82) is 0 Å². The predicted molar refractivity (Wildman–Crippen MR) is 120 cm³/mol. The molecule has 2 aromatic carbocycles. The van der Waals surface area contributed by atoms with Gasteiger partial charge in [-0.2, -0.15) is 0 Å². The van der Waals surface area contributed by atoms with E-state index in [2.05, 4.69) is 39.0 Å². The van der Waals surface area contributed by atoms with Crippen molar-refractivity contribution in [2.45, 2.75) is 6.42 Å². The van der Waals surface area contributed by atoms with E-state index in [1.807, 2.05) is 48.4 Å². The largest absolute Gasteiger partial charge is 0.334 e. The second-order valence-electron chi connectivity index (χ2n) is 7.55. The van der Waals surface area contributed by atoms with E-state index in [0.29, 0.717) is 5.69 Å². The van der Waals surface area contributed by atoms with E-state index in [9.17, 15) is 8.42 Å². The quantitative estimate of drug-likeness (QED) is 0.546. The van der Waals surface area contributed by atoms with Gasteiger partial charge in [-0.05, 0) is 47.0 Å². The average Bonchev–Trinajstić information content (AvgIpc) is 3.30. The molecule has 0 radical (unpaired) electrons. The number of hydrogen-bond acceptors (Lipinski definition) is 4. The van der Waals surface area contributed by atoms with E-state index in [1.165, 1.54) is 0 Å². The summed E-state index contributed by atoms with van der Waals surface area (Å²) in [7, 11) is -1.34. The zero-order valence-corrected chi connectivity index (χ0v) is 17.4. The number of pyridine rings is 1. The first-order chi connectivity index (χ1) is 14.4. The molecule has 6 nitrogen and oxygen atoms in total. The summed E-state index contributed by atoms with van der Waals surface area (Å²) in [4.78, 5) is 9.08. The molecule has 2 aromatic heterocycles. The number of aryl methyl sites for hydroxylation is 1. The number of hydrogen-bond donors (Lipinski definition) is 1. The van der Waals surface area contributed by atoms with E-state index in [-0.39, 0.29) is 0 Å². The van der Waals surface area contributed by atoms with Gasteiger partial charge in [-0.15, -0.1) is 0 Å². The van der Waals surface area contributed by atoms with Crippen molar-refractivity contribution in [3.8, 4) is 11.1 Å². The number of imidazole rings is 1. The fourth-order valence-corrected chi connectivity index (χ4v) is 4.45. The highest BCUT2D eigenvalue weighted by atomic mass is 32.2. The van der Waals surface area contributed by atoms with Crippen LogP contribution in [-0.2, 0) is 23.5 Å². The summed E-state index contributed by atoms with van der Waals surface area (Å²) in [6.07, 6.45) is 7.82. The lowest BCUT2D eigenvalue weighted by atomic mass is 9.97. The summed E-state index contributed by atoms with van der Waals surface area (Å²) in [5.41, 5.74) is 8.90. The number of sulfonamides is 1. The Morgan fingerprint density at radius 3 is 2.70 bits per heavy atom. The number of allylic oxidation sites excluding steroid dienone is 1. The van der Waals surface area contributed by atoms with Gasteiger partial charge in [0, 0.05) is 36.5 Å². The third kappa shape index (κ3) is 3.37. The maximum atomic E-state index is 11.6. The Morgan fingerprint density at radius 1 is 1.00 bits per heavy atom. The van der Waals surface area contributed by atoms with Crippen molar-refractivity contribution in [1.82, 2.24) is 14.5 Å². The van der Waals surface area contributed by atoms with Crippen LogP contribution in [0.15, 0.2) is 67.1 Å². The number of rotatable bonds is 4. The van der Waals surface area contributed by atoms with Crippen molar-refractivity contribution in [2.75, 3.05) is 11.0 Å². The van der Waals surface area contributed by atoms with Crippen LogP contribution in [0.3, 0.4) is 0 Å². The Kier molecular flexibility index (Phi) is 4.22. The van der Waals surface area contributed by atoms with E-state index < -0.39 is 10.0 Å². The van der Waals surface area contributed by atoms with Crippen molar-refractivity contribution in [3.05, 3.63) is 84.0 Å². The van der Waals surface area contributed by atoms with E-state index >= 15 is 0 Å². The third-order valence-electron chi connectivity index (χ3n) is 5.30. The van der Waals surface area contributed by atoms with E-state index in [1.54, 1.807) is 6.07 Å². The maximum absolute atomic E-state index is 11.6. The molecule has 1 N–H and O–H groups in total. The molecule has 7 heteroatoms. The summed E-state index contributed by atoms with van der Waals surface area (Å²) in [6.45, 7) is 0. The van der Waals surface area contributed by atoms with Crippen LogP contribution in [0.1, 0.15) is 16.8 Å². The number of anilines is 1. The fourth-order valence-electron chi connectivity index (χ4n) is 3.90. The third-order valence-corrected chi connectivity index (χ3v) is 5.90.